The third kappa shape index (κ3) is 14.6. The van der Waals surface area contributed by atoms with Crippen molar-refractivity contribution >= 4 is 92.1 Å². The minimum absolute atomic E-state index is 0. The van der Waals surface area contributed by atoms with E-state index in [9.17, 15) is 0 Å². The van der Waals surface area contributed by atoms with Crippen molar-refractivity contribution in [3.8, 4) is 0 Å². The van der Waals surface area contributed by atoms with Gasteiger partial charge >= 0.3 is 0 Å². The van der Waals surface area contributed by atoms with Gasteiger partial charge in [0.1, 0.15) is 23.3 Å². The van der Waals surface area contributed by atoms with Gasteiger partial charge in [-0.3, -0.25) is 0 Å². The van der Waals surface area contributed by atoms with E-state index in [1.807, 2.05) is 218 Å². The third-order valence-corrected chi connectivity index (χ3v) is 11.4. The SMILES string of the molecule is C(=Nc1ccccc1)[N-]c1ccccc1.C(=Nc1ccccc1)[N-]c1ccccc1.CC(C)N1[CH-]N(c2[c-]cccc2)c2nc3ccccc3nc21.CC(C)N1[CH-]N(c2[c-]cccc2)c2nc3ccccc3nc21.[Pt].[Pt]. The summed E-state index contributed by atoms with van der Waals surface area (Å²) in [5.74, 6) is 3.50. The van der Waals surface area contributed by atoms with Gasteiger partial charge in [-0.05, 0) is 86.8 Å². The Labute approximate surface area is 474 Å². The van der Waals surface area contributed by atoms with Crippen LogP contribution in [-0.2, 0) is 42.1 Å². The first kappa shape index (κ1) is 55.7. The topological polar surface area (TPSA) is 117 Å². The molecule has 0 saturated heterocycles. The summed E-state index contributed by atoms with van der Waals surface area (Å²) in [6, 6.07) is 77.9. The molecule has 0 aliphatic carbocycles. The molecule has 0 spiro atoms. The summed E-state index contributed by atoms with van der Waals surface area (Å²) in [4.78, 5) is 36.1. The molecule has 0 saturated carbocycles. The molecule has 12 nitrogen and oxygen atoms in total. The van der Waals surface area contributed by atoms with E-state index in [-0.39, 0.29) is 42.1 Å². The van der Waals surface area contributed by atoms with Gasteiger partial charge in [0.15, 0.2) is 0 Å². The van der Waals surface area contributed by atoms with E-state index in [1.54, 1.807) is 12.7 Å². The number of aromatic nitrogens is 4. The summed E-state index contributed by atoms with van der Waals surface area (Å²) < 4.78 is 0. The number of aliphatic imine (C=N–C) groups is 2. The Balaban J connectivity index is 0.000000149. The van der Waals surface area contributed by atoms with Gasteiger partial charge < -0.3 is 40.2 Å². The van der Waals surface area contributed by atoms with Crippen molar-refractivity contribution in [2.24, 2.45) is 9.98 Å². The maximum atomic E-state index is 4.82. The van der Waals surface area contributed by atoms with Crippen LogP contribution in [0.25, 0.3) is 32.7 Å². The predicted octanol–water partition coefficient (Wildman–Crippen LogP) is 15.9. The maximum absolute atomic E-state index is 4.82. The molecule has 0 atom stereocenters. The van der Waals surface area contributed by atoms with E-state index in [0.29, 0.717) is 12.1 Å². The van der Waals surface area contributed by atoms with Crippen molar-refractivity contribution in [1.82, 2.24) is 19.9 Å². The van der Waals surface area contributed by atoms with Crippen LogP contribution in [0.3, 0.4) is 0 Å². The van der Waals surface area contributed by atoms with E-state index in [1.165, 1.54) is 0 Å². The molecule has 0 N–H and O–H groups in total. The fourth-order valence-electron chi connectivity index (χ4n) is 7.66. The van der Waals surface area contributed by atoms with E-state index < -0.39 is 0 Å². The first-order chi connectivity index (χ1) is 36.4. The Morgan fingerprint density at radius 2 is 0.697 bits per heavy atom. The van der Waals surface area contributed by atoms with Crippen molar-refractivity contribution in [3.05, 3.63) is 254 Å². The molecule has 4 heterocycles. The average molecular weight is 1360 g/mol. The summed E-state index contributed by atoms with van der Waals surface area (Å²) in [7, 11) is 0. The predicted molar refractivity (Wildman–Crippen MR) is 306 cm³/mol. The minimum atomic E-state index is 0. The van der Waals surface area contributed by atoms with Gasteiger partial charge in [-0.15, -0.1) is 24.7 Å². The van der Waals surface area contributed by atoms with E-state index >= 15 is 0 Å². The van der Waals surface area contributed by atoms with Crippen molar-refractivity contribution in [2.75, 3.05) is 19.6 Å². The Hall–Kier alpha value is -8.04. The third-order valence-electron chi connectivity index (χ3n) is 11.4. The minimum Gasteiger partial charge on any atom is -0.483 e. The van der Waals surface area contributed by atoms with Gasteiger partial charge in [0.2, 0.25) is 0 Å². The fraction of sp³-hybridized carbons (Fsp3) is 0.0968. The first-order valence-electron chi connectivity index (χ1n) is 24.4. The van der Waals surface area contributed by atoms with Crippen molar-refractivity contribution in [2.45, 2.75) is 39.8 Å². The summed E-state index contributed by atoms with van der Waals surface area (Å²) in [6.07, 6.45) is 3.15. The van der Waals surface area contributed by atoms with Crippen LogP contribution in [0.1, 0.15) is 27.7 Å². The molecule has 2 aromatic heterocycles. The standard InChI is InChI=1S/2C18H16N4.2C13H11N2.2Pt/c2*1-13(2)21-12-22(14-8-4-3-5-9-14)18-17(21)19-15-10-6-7-11-16(15)20-18;2*1-3-7-12(8-4-1)14-11-15-13-9-5-2-6-10-13;;/h2*3-8,10-13H,1-2H3;2*1-11H;;/q2*-2;2*-1;;. The number of hydrogen-bond acceptors (Lipinski definition) is 10. The van der Waals surface area contributed by atoms with Crippen LogP contribution in [0.5, 0.6) is 0 Å². The molecule has 0 unspecified atom stereocenters. The molecule has 2 aliphatic heterocycles. The molecule has 76 heavy (non-hydrogen) atoms. The quantitative estimate of drug-likeness (QED) is 0.0755. The number of hydrogen-bond donors (Lipinski definition) is 0. The van der Waals surface area contributed by atoms with Crippen LogP contribution >= 0.6 is 0 Å². The van der Waals surface area contributed by atoms with E-state index in [2.05, 4.69) is 93.4 Å². The van der Waals surface area contributed by atoms with Gasteiger partial charge in [-0.2, -0.15) is 60.7 Å². The second-order valence-electron chi connectivity index (χ2n) is 17.3. The molecular weight excluding hydrogens is 1300 g/mol. The van der Waals surface area contributed by atoms with Crippen LogP contribution in [0, 0.1) is 25.5 Å². The van der Waals surface area contributed by atoms with Crippen LogP contribution < -0.4 is 19.6 Å². The molecule has 14 heteroatoms. The molecule has 12 rings (SSSR count). The van der Waals surface area contributed by atoms with Crippen LogP contribution in [-0.4, -0.2) is 44.7 Å². The monoisotopic (exact) mass is 1360 g/mol. The largest absolute Gasteiger partial charge is 0.483 e. The molecule has 8 aromatic carbocycles. The van der Waals surface area contributed by atoms with E-state index in [0.717, 1.165) is 79.5 Å². The number of nitrogens with zero attached hydrogens (tertiary/aromatic N) is 12. The summed E-state index contributed by atoms with van der Waals surface area (Å²) in [5.41, 5.74) is 9.23. The molecule has 0 bridgehead atoms. The molecule has 0 amide bonds. The Bertz CT molecular complexity index is 3150. The second kappa shape index (κ2) is 28.0. The van der Waals surface area contributed by atoms with Crippen molar-refractivity contribution in [3.63, 3.8) is 0 Å². The molecular formula is C62H54N12Pt2-6. The van der Waals surface area contributed by atoms with Crippen LogP contribution in [0.4, 0.5) is 57.4 Å². The second-order valence-corrected chi connectivity index (χ2v) is 17.3. The Morgan fingerprint density at radius 3 is 1.01 bits per heavy atom. The molecule has 0 radical (unpaired) electrons. The van der Waals surface area contributed by atoms with Crippen molar-refractivity contribution < 1.29 is 42.1 Å². The summed E-state index contributed by atoms with van der Waals surface area (Å²) in [6.45, 7) is 12.7. The Morgan fingerprint density at radius 1 is 0.395 bits per heavy atom. The Kier molecular flexibility index (Phi) is 20.5. The van der Waals surface area contributed by atoms with Crippen LogP contribution in [0.15, 0.2) is 228 Å². The first-order valence-corrected chi connectivity index (χ1v) is 24.4. The molecule has 10 aromatic rings. The zero-order chi connectivity index (χ0) is 50.9. The van der Waals surface area contributed by atoms with Gasteiger partial charge in [0.25, 0.3) is 0 Å². The zero-order valence-corrected chi connectivity index (χ0v) is 46.8. The smallest absolute Gasteiger partial charge is 0.144 e. The number of para-hydroxylation sites is 10. The molecule has 388 valence electrons. The summed E-state index contributed by atoms with van der Waals surface area (Å²) >= 11 is 0. The van der Waals surface area contributed by atoms with Gasteiger partial charge in [0, 0.05) is 42.1 Å². The van der Waals surface area contributed by atoms with Gasteiger partial charge in [-0.1, -0.05) is 158 Å². The maximum Gasteiger partial charge on any atom is 0.144 e. The fourth-order valence-corrected chi connectivity index (χ4v) is 7.66. The van der Waals surface area contributed by atoms with Gasteiger partial charge in [-0.25, -0.2) is 19.9 Å². The van der Waals surface area contributed by atoms with Crippen molar-refractivity contribution in [1.29, 1.82) is 0 Å². The normalized spacial score (nSPS) is 12.2. The van der Waals surface area contributed by atoms with E-state index in [4.69, 9.17) is 19.9 Å². The molecule has 2 aliphatic rings. The number of anilines is 6. The summed E-state index contributed by atoms with van der Waals surface area (Å²) in [5, 5.41) is 8.42. The van der Waals surface area contributed by atoms with Gasteiger partial charge in [0.05, 0.1) is 22.1 Å². The number of fused-ring (bicyclic) bond motifs is 4. The number of benzene rings is 8. The average Bonchev–Trinajstić information content (AvgIpc) is 4.05. The number of rotatable bonds is 10. The van der Waals surface area contributed by atoms with Crippen LogP contribution in [0.2, 0.25) is 0 Å². The molecule has 0 fully saturated rings. The zero-order valence-electron chi connectivity index (χ0n) is 42.2.